The lowest BCUT2D eigenvalue weighted by molar-refractivity contribution is -0.154. The van der Waals surface area contributed by atoms with Gasteiger partial charge < -0.3 is 9.84 Å². The lowest BCUT2D eigenvalue weighted by atomic mass is 9.95. The summed E-state index contributed by atoms with van der Waals surface area (Å²) < 4.78 is 5.51. The van der Waals surface area contributed by atoms with Crippen molar-refractivity contribution >= 4 is 17.7 Å². The van der Waals surface area contributed by atoms with Crippen LogP contribution in [0.2, 0.25) is 0 Å². The molecule has 0 saturated carbocycles. The van der Waals surface area contributed by atoms with E-state index in [4.69, 9.17) is 4.74 Å². The van der Waals surface area contributed by atoms with Gasteiger partial charge in [-0.25, -0.2) is 0 Å². The summed E-state index contributed by atoms with van der Waals surface area (Å²) in [6.07, 6.45) is 1.57. The van der Waals surface area contributed by atoms with Crippen LogP contribution in [0.1, 0.15) is 49.4 Å². The van der Waals surface area contributed by atoms with Gasteiger partial charge in [-0.1, -0.05) is 0 Å². The second-order valence-corrected chi connectivity index (χ2v) is 7.92. The molecule has 0 aromatic heterocycles. The zero-order valence-electron chi connectivity index (χ0n) is 13.7. The van der Waals surface area contributed by atoms with Gasteiger partial charge >= 0.3 is 5.97 Å². The molecule has 0 saturated heterocycles. The summed E-state index contributed by atoms with van der Waals surface area (Å²) in [5.74, 6) is 0.253. The number of phenolic OH excluding ortho intramolecular Hbond substituents is 1. The highest BCUT2D eigenvalue weighted by molar-refractivity contribution is 8.00. The van der Waals surface area contributed by atoms with Crippen molar-refractivity contribution in [1.82, 2.24) is 0 Å². The highest BCUT2D eigenvalue weighted by Gasteiger charge is 2.32. The van der Waals surface area contributed by atoms with Crippen molar-refractivity contribution < 1.29 is 14.6 Å². The third-order valence-corrected chi connectivity index (χ3v) is 5.43. The average Bonchev–Trinajstić information content (AvgIpc) is 2.40. The molecule has 0 aliphatic carbocycles. The van der Waals surface area contributed by atoms with Crippen LogP contribution in [-0.2, 0) is 16.0 Å². The van der Waals surface area contributed by atoms with E-state index in [0.717, 1.165) is 34.4 Å². The number of carbonyl (C=O) groups excluding carboxylic acids is 1. The fourth-order valence-electron chi connectivity index (χ4n) is 2.64. The molecule has 1 N–H and O–H groups in total. The Hall–Kier alpha value is -1.16. The van der Waals surface area contributed by atoms with E-state index in [2.05, 4.69) is 0 Å². The standard InChI is InChI=1S/C17H24O3S/c1-9-10(2)15-12(11(3)14(9)18)7-8-13(21-15)16(19)20-17(4,5)6/h13,18H,7-8H2,1-6H3. The maximum absolute atomic E-state index is 12.3. The van der Waals surface area contributed by atoms with Crippen molar-refractivity contribution in [3.05, 3.63) is 22.3 Å². The minimum absolute atomic E-state index is 0.138. The Balaban J connectivity index is 2.31. The summed E-state index contributed by atoms with van der Waals surface area (Å²) in [4.78, 5) is 13.4. The van der Waals surface area contributed by atoms with Crippen LogP contribution in [0.25, 0.3) is 0 Å². The molecule has 3 nitrogen and oxygen atoms in total. The third-order valence-electron chi connectivity index (χ3n) is 3.93. The minimum Gasteiger partial charge on any atom is -0.507 e. The highest BCUT2D eigenvalue weighted by atomic mass is 32.2. The Morgan fingerprint density at radius 1 is 1.19 bits per heavy atom. The number of esters is 1. The smallest absolute Gasteiger partial charge is 0.319 e. The number of benzene rings is 1. The van der Waals surface area contributed by atoms with E-state index in [1.807, 2.05) is 41.5 Å². The first-order valence-corrected chi connectivity index (χ1v) is 8.21. The maximum Gasteiger partial charge on any atom is 0.319 e. The van der Waals surface area contributed by atoms with Gasteiger partial charge in [-0.15, -0.1) is 11.8 Å². The van der Waals surface area contributed by atoms with Crippen molar-refractivity contribution in [3.63, 3.8) is 0 Å². The monoisotopic (exact) mass is 308 g/mol. The van der Waals surface area contributed by atoms with Gasteiger partial charge in [0.1, 0.15) is 16.6 Å². The molecule has 1 aliphatic rings. The van der Waals surface area contributed by atoms with Gasteiger partial charge in [-0.05, 0) is 76.6 Å². The molecule has 1 unspecified atom stereocenters. The van der Waals surface area contributed by atoms with Crippen LogP contribution in [0.5, 0.6) is 5.75 Å². The number of rotatable bonds is 1. The molecular formula is C17H24O3S. The summed E-state index contributed by atoms with van der Waals surface area (Å²) in [6, 6.07) is 0. The number of carbonyl (C=O) groups is 1. The molecule has 0 radical (unpaired) electrons. The second kappa shape index (κ2) is 5.56. The maximum atomic E-state index is 12.3. The summed E-state index contributed by atoms with van der Waals surface area (Å²) in [7, 11) is 0. The van der Waals surface area contributed by atoms with E-state index in [9.17, 15) is 9.90 Å². The number of ether oxygens (including phenoxy) is 1. The molecule has 1 aromatic rings. The molecule has 0 fully saturated rings. The lowest BCUT2D eigenvalue weighted by Crippen LogP contribution is -2.32. The Labute approximate surface area is 131 Å². The highest BCUT2D eigenvalue weighted by Crippen LogP contribution is 2.44. The van der Waals surface area contributed by atoms with Gasteiger partial charge in [0.25, 0.3) is 0 Å². The Kier molecular flexibility index (Phi) is 4.29. The third kappa shape index (κ3) is 3.20. The van der Waals surface area contributed by atoms with Gasteiger partial charge in [0.2, 0.25) is 0 Å². The van der Waals surface area contributed by atoms with Crippen molar-refractivity contribution in [3.8, 4) is 5.75 Å². The van der Waals surface area contributed by atoms with Gasteiger partial charge in [0, 0.05) is 4.90 Å². The van der Waals surface area contributed by atoms with Crippen molar-refractivity contribution in [2.45, 2.75) is 70.1 Å². The van der Waals surface area contributed by atoms with E-state index in [-0.39, 0.29) is 11.2 Å². The molecule has 0 amide bonds. The Morgan fingerprint density at radius 3 is 2.38 bits per heavy atom. The van der Waals surface area contributed by atoms with Crippen molar-refractivity contribution in [1.29, 1.82) is 0 Å². The van der Waals surface area contributed by atoms with Gasteiger partial charge in [0.15, 0.2) is 0 Å². The number of thioether (sulfide) groups is 1. The fourth-order valence-corrected chi connectivity index (χ4v) is 4.03. The molecule has 116 valence electrons. The second-order valence-electron chi connectivity index (χ2n) is 6.71. The van der Waals surface area contributed by atoms with E-state index in [0.29, 0.717) is 5.75 Å². The van der Waals surface area contributed by atoms with Crippen LogP contribution in [0.3, 0.4) is 0 Å². The molecule has 4 heteroatoms. The Bertz CT molecular complexity index is 585. The summed E-state index contributed by atoms with van der Waals surface area (Å²) >= 11 is 1.58. The first kappa shape index (κ1) is 16.2. The van der Waals surface area contributed by atoms with Crippen LogP contribution in [0.15, 0.2) is 4.90 Å². The molecule has 2 rings (SSSR count). The van der Waals surface area contributed by atoms with E-state index >= 15 is 0 Å². The van der Waals surface area contributed by atoms with E-state index < -0.39 is 5.60 Å². The predicted molar refractivity (Wildman–Crippen MR) is 86.1 cm³/mol. The fraction of sp³-hybridized carbons (Fsp3) is 0.588. The van der Waals surface area contributed by atoms with Crippen LogP contribution in [0, 0.1) is 20.8 Å². The summed E-state index contributed by atoms with van der Waals surface area (Å²) in [6.45, 7) is 11.6. The van der Waals surface area contributed by atoms with Gasteiger partial charge in [-0.3, -0.25) is 4.79 Å². The SMILES string of the molecule is Cc1c(C)c2c(c(C)c1O)CCC(C(=O)OC(C)(C)C)S2. The topological polar surface area (TPSA) is 46.5 Å². The zero-order valence-corrected chi connectivity index (χ0v) is 14.5. The number of hydrogen-bond acceptors (Lipinski definition) is 4. The molecule has 1 heterocycles. The largest absolute Gasteiger partial charge is 0.507 e. The van der Waals surface area contributed by atoms with Crippen LogP contribution in [0.4, 0.5) is 0 Å². The number of fused-ring (bicyclic) bond motifs is 1. The lowest BCUT2D eigenvalue weighted by Gasteiger charge is -2.29. The van der Waals surface area contributed by atoms with E-state index in [1.54, 1.807) is 11.8 Å². The normalized spacial score (nSPS) is 18.3. The van der Waals surface area contributed by atoms with Gasteiger partial charge in [-0.2, -0.15) is 0 Å². The number of aromatic hydroxyl groups is 1. The predicted octanol–water partition coefficient (Wildman–Crippen LogP) is 4.07. The van der Waals surface area contributed by atoms with Crippen LogP contribution in [-0.4, -0.2) is 21.9 Å². The number of phenols is 1. The quantitative estimate of drug-likeness (QED) is 0.795. The first-order chi connectivity index (χ1) is 9.61. The molecular weight excluding hydrogens is 284 g/mol. The minimum atomic E-state index is -0.451. The molecule has 21 heavy (non-hydrogen) atoms. The summed E-state index contributed by atoms with van der Waals surface area (Å²) in [5, 5.41) is 10.0. The van der Waals surface area contributed by atoms with E-state index in [1.165, 1.54) is 5.56 Å². The van der Waals surface area contributed by atoms with Crippen LogP contribution < -0.4 is 0 Å². The first-order valence-electron chi connectivity index (χ1n) is 7.33. The zero-order chi connectivity index (χ0) is 15.9. The molecule has 0 bridgehead atoms. The molecule has 0 spiro atoms. The molecule has 1 aromatic carbocycles. The Morgan fingerprint density at radius 2 is 1.81 bits per heavy atom. The molecule has 1 aliphatic heterocycles. The molecule has 1 atom stereocenters. The van der Waals surface area contributed by atoms with Gasteiger partial charge in [0.05, 0.1) is 0 Å². The van der Waals surface area contributed by atoms with Crippen molar-refractivity contribution in [2.24, 2.45) is 0 Å². The van der Waals surface area contributed by atoms with Crippen LogP contribution >= 0.6 is 11.8 Å². The summed E-state index contributed by atoms with van der Waals surface area (Å²) in [5.41, 5.74) is 3.66. The average molecular weight is 308 g/mol. The van der Waals surface area contributed by atoms with Crippen molar-refractivity contribution in [2.75, 3.05) is 0 Å². The number of hydrogen-bond donors (Lipinski definition) is 1.